The van der Waals surface area contributed by atoms with Gasteiger partial charge in [0.05, 0.1) is 0 Å². The summed E-state index contributed by atoms with van der Waals surface area (Å²) >= 11 is 0. The molecule has 3 aromatic rings. The van der Waals surface area contributed by atoms with Crippen molar-refractivity contribution in [3.63, 3.8) is 0 Å². The summed E-state index contributed by atoms with van der Waals surface area (Å²) in [5, 5.41) is 0. The van der Waals surface area contributed by atoms with Crippen LogP contribution in [-0.2, 0) is 6.42 Å². The second kappa shape index (κ2) is 9.12. The van der Waals surface area contributed by atoms with Gasteiger partial charge in [-0.1, -0.05) is 31.2 Å². The molecule has 1 amide bonds. The number of amides is 1. The van der Waals surface area contributed by atoms with Crippen molar-refractivity contribution in [2.45, 2.75) is 26.3 Å². The lowest BCUT2D eigenvalue weighted by Crippen LogP contribution is -2.54. The third kappa shape index (κ3) is 4.66. The second-order valence-electron chi connectivity index (χ2n) is 7.59. The molecule has 2 heterocycles. The van der Waals surface area contributed by atoms with Gasteiger partial charge in [0.15, 0.2) is 11.6 Å². The molecule has 1 fully saturated rings. The zero-order valence-electron chi connectivity index (χ0n) is 17.7. The van der Waals surface area contributed by atoms with Crippen LogP contribution in [-0.4, -0.2) is 46.5 Å². The molecule has 1 saturated heterocycles. The molecule has 2 aromatic carbocycles. The van der Waals surface area contributed by atoms with Gasteiger partial charge in [0.2, 0.25) is 5.88 Å². The largest absolute Gasteiger partial charge is 0.436 e. The van der Waals surface area contributed by atoms with Gasteiger partial charge in [0.1, 0.15) is 12.1 Å². The number of halogens is 1. The highest BCUT2D eigenvalue weighted by Crippen LogP contribution is 2.26. The lowest BCUT2D eigenvalue weighted by molar-refractivity contribution is 0.0673. The maximum Gasteiger partial charge on any atom is 0.254 e. The van der Waals surface area contributed by atoms with Gasteiger partial charge in [0, 0.05) is 37.3 Å². The van der Waals surface area contributed by atoms with E-state index < -0.39 is 5.82 Å². The number of piperazine rings is 1. The van der Waals surface area contributed by atoms with Crippen LogP contribution in [0.4, 0.5) is 10.2 Å². The summed E-state index contributed by atoms with van der Waals surface area (Å²) in [4.78, 5) is 25.4. The first-order valence-electron chi connectivity index (χ1n) is 10.4. The molecule has 7 heteroatoms. The van der Waals surface area contributed by atoms with Gasteiger partial charge in [-0.15, -0.1) is 0 Å². The van der Waals surface area contributed by atoms with E-state index in [1.165, 1.54) is 18.0 Å². The Balaban J connectivity index is 1.43. The van der Waals surface area contributed by atoms with E-state index in [1.807, 2.05) is 36.1 Å². The van der Waals surface area contributed by atoms with E-state index in [0.717, 1.165) is 6.42 Å². The third-order valence-electron chi connectivity index (χ3n) is 5.50. The fourth-order valence-corrected chi connectivity index (χ4v) is 3.72. The zero-order chi connectivity index (χ0) is 21.8. The molecule has 160 valence electrons. The van der Waals surface area contributed by atoms with E-state index in [0.29, 0.717) is 31.0 Å². The Bertz CT molecular complexity index is 1060. The van der Waals surface area contributed by atoms with Crippen LogP contribution in [0.15, 0.2) is 60.9 Å². The van der Waals surface area contributed by atoms with E-state index in [-0.39, 0.29) is 23.6 Å². The van der Waals surface area contributed by atoms with Crippen molar-refractivity contribution in [2.75, 3.05) is 24.5 Å². The number of rotatable bonds is 5. The van der Waals surface area contributed by atoms with E-state index in [1.54, 1.807) is 24.3 Å². The molecule has 1 aliphatic rings. The predicted octanol–water partition coefficient (Wildman–Crippen LogP) is 4.32. The average molecular weight is 420 g/mol. The topological polar surface area (TPSA) is 58.6 Å². The third-order valence-corrected chi connectivity index (χ3v) is 5.50. The molecule has 0 saturated carbocycles. The number of aromatic nitrogens is 2. The summed E-state index contributed by atoms with van der Waals surface area (Å²) in [5.74, 6) is 0.673. The Morgan fingerprint density at radius 1 is 1.13 bits per heavy atom. The van der Waals surface area contributed by atoms with Crippen molar-refractivity contribution in [1.29, 1.82) is 0 Å². The molecule has 1 aromatic heterocycles. The van der Waals surface area contributed by atoms with Crippen LogP contribution in [0, 0.1) is 5.82 Å². The molecule has 0 spiro atoms. The van der Waals surface area contributed by atoms with Crippen molar-refractivity contribution in [3.05, 3.63) is 77.9 Å². The lowest BCUT2D eigenvalue weighted by Gasteiger charge is -2.40. The summed E-state index contributed by atoms with van der Waals surface area (Å²) in [7, 11) is 0. The van der Waals surface area contributed by atoms with Gasteiger partial charge in [-0.05, 0) is 43.2 Å². The quantitative estimate of drug-likeness (QED) is 0.615. The van der Waals surface area contributed by atoms with Gasteiger partial charge in [-0.25, -0.2) is 14.4 Å². The average Bonchev–Trinajstić information content (AvgIpc) is 2.80. The number of ether oxygens (including phenoxy) is 1. The van der Waals surface area contributed by atoms with Crippen LogP contribution in [0.25, 0.3) is 0 Å². The van der Waals surface area contributed by atoms with Gasteiger partial charge in [0.25, 0.3) is 5.91 Å². The molecule has 6 nitrogen and oxygen atoms in total. The number of nitrogens with zero attached hydrogens (tertiary/aromatic N) is 4. The van der Waals surface area contributed by atoms with Gasteiger partial charge in [-0.2, -0.15) is 0 Å². The summed E-state index contributed by atoms with van der Waals surface area (Å²) in [5.41, 5.74) is 1.92. The van der Waals surface area contributed by atoms with Crippen LogP contribution in [0.3, 0.4) is 0 Å². The molecule has 4 rings (SSSR count). The van der Waals surface area contributed by atoms with Gasteiger partial charge in [-0.3, -0.25) is 4.79 Å². The molecule has 1 aliphatic heterocycles. The van der Waals surface area contributed by atoms with E-state index in [9.17, 15) is 9.18 Å². The minimum atomic E-state index is -0.449. The second-order valence-corrected chi connectivity index (χ2v) is 7.59. The van der Waals surface area contributed by atoms with Crippen LogP contribution >= 0.6 is 0 Å². The first-order chi connectivity index (χ1) is 15.0. The maximum absolute atomic E-state index is 13.9. The molecule has 31 heavy (non-hydrogen) atoms. The van der Waals surface area contributed by atoms with E-state index in [4.69, 9.17) is 4.74 Å². The predicted molar refractivity (Wildman–Crippen MR) is 117 cm³/mol. The molecule has 0 N–H and O–H groups in total. The molecular weight excluding hydrogens is 395 g/mol. The van der Waals surface area contributed by atoms with Gasteiger partial charge >= 0.3 is 0 Å². The Labute approximate surface area is 181 Å². The molecule has 1 unspecified atom stereocenters. The monoisotopic (exact) mass is 420 g/mol. The minimum Gasteiger partial charge on any atom is -0.436 e. The standard InChI is InChI=1S/C24H25FN4O2/c1-3-18-8-10-19(11-9-18)24(30)29-13-12-28(15-17(29)2)22-14-23(27-16-26-22)31-21-7-5-4-6-20(21)25/h4-11,14,16-17H,3,12-13,15H2,1-2H3. The molecule has 1 atom stereocenters. The molecule has 0 radical (unpaired) electrons. The Morgan fingerprint density at radius 3 is 2.61 bits per heavy atom. The van der Waals surface area contributed by atoms with E-state index in [2.05, 4.69) is 21.8 Å². The molecule has 0 aliphatic carbocycles. The summed E-state index contributed by atoms with van der Waals surface area (Å²) in [6, 6.07) is 15.7. The fraction of sp³-hybridized carbons (Fsp3) is 0.292. The SMILES string of the molecule is CCc1ccc(C(=O)N2CCN(c3cc(Oc4ccccc4F)ncn3)CC2C)cc1. The fourth-order valence-electron chi connectivity index (χ4n) is 3.72. The highest BCUT2D eigenvalue weighted by molar-refractivity contribution is 5.94. The first kappa shape index (κ1) is 20.8. The van der Waals surface area contributed by atoms with E-state index >= 15 is 0 Å². The normalized spacial score (nSPS) is 16.3. The summed E-state index contributed by atoms with van der Waals surface area (Å²) < 4.78 is 19.5. The highest BCUT2D eigenvalue weighted by atomic mass is 19.1. The Hall–Kier alpha value is -3.48. The zero-order valence-corrected chi connectivity index (χ0v) is 17.7. The number of anilines is 1. The minimum absolute atomic E-state index is 0.0120. The Kier molecular flexibility index (Phi) is 6.11. The Morgan fingerprint density at radius 2 is 1.90 bits per heavy atom. The maximum atomic E-state index is 13.9. The van der Waals surface area contributed by atoms with Gasteiger partial charge < -0.3 is 14.5 Å². The number of hydrogen-bond donors (Lipinski definition) is 0. The highest BCUT2D eigenvalue weighted by Gasteiger charge is 2.29. The summed E-state index contributed by atoms with van der Waals surface area (Å²) in [6.07, 6.45) is 2.36. The van der Waals surface area contributed by atoms with Crippen molar-refractivity contribution in [3.8, 4) is 11.6 Å². The molecular formula is C24H25FN4O2. The van der Waals surface area contributed by atoms with Crippen LogP contribution < -0.4 is 9.64 Å². The number of para-hydroxylation sites is 1. The van der Waals surface area contributed by atoms with Crippen LogP contribution in [0.1, 0.15) is 29.8 Å². The van der Waals surface area contributed by atoms with Crippen molar-refractivity contribution < 1.29 is 13.9 Å². The number of hydrogen-bond acceptors (Lipinski definition) is 5. The van der Waals surface area contributed by atoms with Crippen molar-refractivity contribution in [1.82, 2.24) is 14.9 Å². The van der Waals surface area contributed by atoms with Crippen molar-refractivity contribution >= 4 is 11.7 Å². The lowest BCUT2D eigenvalue weighted by atomic mass is 10.1. The first-order valence-corrected chi connectivity index (χ1v) is 10.4. The molecule has 0 bridgehead atoms. The number of carbonyl (C=O) groups excluding carboxylic acids is 1. The number of aryl methyl sites for hydroxylation is 1. The number of carbonyl (C=O) groups is 1. The summed E-state index contributed by atoms with van der Waals surface area (Å²) in [6.45, 7) is 5.98. The van der Waals surface area contributed by atoms with Crippen LogP contribution in [0.5, 0.6) is 11.6 Å². The van der Waals surface area contributed by atoms with Crippen LogP contribution in [0.2, 0.25) is 0 Å². The van der Waals surface area contributed by atoms with Crippen molar-refractivity contribution in [2.24, 2.45) is 0 Å². The number of benzene rings is 2. The smallest absolute Gasteiger partial charge is 0.254 e.